The second-order valence-corrected chi connectivity index (χ2v) is 7.99. The van der Waals surface area contributed by atoms with Crippen LogP contribution in [0.2, 0.25) is 0 Å². The smallest absolute Gasteiger partial charge is 0.326 e. The van der Waals surface area contributed by atoms with Crippen LogP contribution in [0.3, 0.4) is 0 Å². The number of urea groups is 1. The zero-order valence-corrected chi connectivity index (χ0v) is 17.6. The van der Waals surface area contributed by atoms with E-state index in [1.807, 2.05) is 44.2 Å². The molecule has 1 heterocycles. The number of likely N-dealkylation sites (N-methyl/N-ethyl adjacent to an activating group) is 1. The number of imide groups is 1. The van der Waals surface area contributed by atoms with E-state index in [9.17, 15) is 19.2 Å². The van der Waals surface area contributed by atoms with Crippen molar-refractivity contribution in [1.82, 2.24) is 15.1 Å². The lowest BCUT2D eigenvalue weighted by Crippen LogP contribution is -2.54. The van der Waals surface area contributed by atoms with E-state index < -0.39 is 30.7 Å². The van der Waals surface area contributed by atoms with Crippen molar-refractivity contribution in [3.8, 4) is 0 Å². The fourth-order valence-electron chi connectivity index (χ4n) is 4.23. The summed E-state index contributed by atoms with van der Waals surface area (Å²) in [6.07, 6.45) is 3.31. The second kappa shape index (κ2) is 9.28. The van der Waals surface area contributed by atoms with Gasteiger partial charge in [0, 0.05) is 13.1 Å². The third kappa shape index (κ3) is 4.47. The minimum Gasteiger partial charge on any atom is -0.454 e. The fraction of sp³-hybridized carbons (Fsp3) is 0.545. The first kappa shape index (κ1) is 21.8. The Morgan fingerprint density at radius 1 is 1.23 bits per heavy atom. The van der Waals surface area contributed by atoms with Gasteiger partial charge in [-0.25, -0.2) is 4.79 Å². The highest BCUT2D eigenvalue weighted by Crippen LogP contribution is 2.38. The molecule has 4 amide bonds. The first-order valence-electron chi connectivity index (χ1n) is 10.5. The molecule has 1 aromatic rings. The molecule has 8 nitrogen and oxygen atoms in total. The molecule has 30 heavy (non-hydrogen) atoms. The third-order valence-corrected chi connectivity index (χ3v) is 6.10. The summed E-state index contributed by atoms with van der Waals surface area (Å²) in [6.45, 7) is 3.77. The van der Waals surface area contributed by atoms with Gasteiger partial charge in [0.25, 0.3) is 11.8 Å². The monoisotopic (exact) mass is 415 g/mol. The summed E-state index contributed by atoms with van der Waals surface area (Å²) >= 11 is 0. The number of amides is 4. The maximum atomic E-state index is 12.9. The highest BCUT2D eigenvalue weighted by molar-refractivity contribution is 6.09. The van der Waals surface area contributed by atoms with Crippen molar-refractivity contribution in [2.45, 2.75) is 51.6 Å². The van der Waals surface area contributed by atoms with E-state index in [2.05, 4.69) is 5.32 Å². The number of esters is 1. The zero-order chi connectivity index (χ0) is 21.7. The van der Waals surface area contributed by atoms with Gasteiger partial charge in [-0.15, -0.1) is 0 Å². The fourth-order valence-corrected chi connectivity index (χ4v) is 4.23. The van der Waals surface area contributed by atoms with Crippen LogP contribution in [0.15, 0.2) is 30.3 Å². The van der Waals surface area contributed by atoms with Crippen LogP contribution in [0.25, 0.3) is 0 Å². The number of rotatable bonds is 7. The minimum absolute atomic E-state index is 0.0152. The van der Waals surface area contributed by atoms with E-state index in [0.29, 0.717) is 19.5 Å². The van der Waals surface area contributed by atoms with E-state index >= 15 is 0 Å². The van der Waals surface area contributed by atoms with E-state index in [0.717, 1.165) is 29.7 Å². The van der Waals surface area contributed by atoms with Crippen molar-refractivity contribution in [2.24, 2.45) is 5.92 Å². The van der Waals surface area contributed by atoms with Gasteiger partial charge in [0.15, 0.2) is 6.61 Å². The van der Waals surface area contributed by atoms with Gasteiger partial charge >= 0.3 is 12.0 Å². The van der Waals surface area contributed by atoms with Crippen molar-refractivity contribution < 1.29 is 23.9 Å². The normalized spacial score (nSPS) is 23.4. The van der Waals surface area contributed by atoms with Gasteiger partial charge in [0.1, 0.15) is 12.1 Å². The van der Waals surface area contributed by atoms with Gasteiger partial charge < -0.3 is 15.0 Å². The number of nitrogens with zero attached hydrogens (tertiary/aromatic N) is 2. The summed E-state index contributed by atoms with van der Waals surface area (Å²) in [5.41, 5.74) is 0.0606. The average molecular weight is 415 g/mol. The molecule has 1 aromatic carbocycles. The Balaban J connectivity index is 1.53. The predicted octanol–water partition coefficient (Wildman–Crippen LogP) is 2.08. The van der Waals surface area contributed by atoms with Gasteiger partial charge in [0.2, 0.25) is 0 Å². The van der Waals surface area contributed by atoms with Crippen molar-refractivity contribution in [3.63, 3.8) is 0 Å². The number of nitrogens with one attached hydrogen (secondary N) is 1. The largest absolute Gasteiger partial charge is 0.454 e. The molecular formula is C22H29N3O5. The molecule has 1 aliphatic heterocycles. The molecule has 1 N–H and O–H groups in total. The summed E-state index contributed by atoms with van der Waals surface area (Å²) in [5, 5.41) is 2.80. The molecule has 1 spiro atoms. The molecule has 3 rings (SSSR count). The van der Waals surface area contributed by atoms with Gasteiger partial charge in [-0.3, -0.25) is 19.3 Å². The Bertz CT molecular complexity index is 812. The average Bonchev–Trinajstić information content (AvgIpc) is 2.98. The van der Waals surface area contributed by atoms with Crippen LogP contribution in [-0.2, 0) is 25.7 Å². The summed E-state index contributed by atoms with van der Waals surface area (Å²) in [5.74, 6) is -1.46. The molecule has 1 aliphatic carbocycles. The van der Waals surface area contributed by atoms with Crippen molar-refractivity contribution in [2.75, 3.05) is 19.7 Å². The number of benzene rings is 1. The summed E-state index contributed by atoms with van der Waals surface area (Å²) in [7, 11) is 0. The Labute approximate surface area is 176 Å². The molecule has 0 bridgehead atoms. The molecule has 8 heteroatoms. The molecule has 0 aromatic heterocycles. The van der Waals surface area contributed by atoms with Crippen LogP contribution in [0, 0.1) is 5.92 Å². The van der Waals surface area contributed by atoms with E-state index in [-0.39, 0.29) is 17.7 Å². The van der Waals surface area contributed by atoms with E-state index in [1.54, 1.807) is 4.90 Å². The van der Waals surface area contributed by atoms with Crippen molar-refractivity contribution in [1.29, 1.82) is 0 Å². The van der Waals surface area contributed by atoms with Gasteiger partial charge in [-0.05, 0) is 31.2 Å². The maximum Gasteiger partial charge on any atom is 0.326 e. The lowest BCUT2D eigenvalue weighted by molar-refractivity contribution is -0.154. The van der Waals surface area contributed by atoms with Crippen LogP contribution in [0.5, 0.6) is 0 Å². The highest BCUT2D eigenvalue weighted by Gasteiger charge is 2.55. The highest BCUT2D eigenvalue weighted by atomic mass is 16.5. The van der Waals surface area contributed by atoms with Crippen molar-refractivity contribution >= 4 is 23.8 Å². The van der Waals surface area contributed by atoms with Crippen LogP contribution in [0.4, 0.5) is 4.79 Å². The molecule has 2 fully saturated rings. The number of hydrogen-bond acceptors (Lipinski definition) is 5. The Morgan fingerprint density at radius 3 is 2.63 bits per heavy atom. The van der Waals surface area contributed by atoms with Crippen LogP contribution < -0.4 is 5.32 Å². The first-order valence-corrected chi connectivity index (χ1v) is 10.5. The molecular weight excluding hydrogens is 386 g/mol. The summed E-state index contributed by atoms with van der Waals surface area (Å²) in [6, 6.07) is 8.95. The maximum absolute atomic E-state index is 12.9. The van der Waals surface area contributed by atoms with Crippen LogP contribution in [0.1, 0.15) is 45.1 Å². The molecule has 162 valence electrons. The quantitative estimate of drug-likeness (QED) is 0.543. The number of ether oxygens (including phenoxy) is 1. The van der Waals surface area contributed by atoms with Crippen LogP contribution in [-0.4, -0.2) is 58.8 Å². The summed E-state index contributed by atoms with van der Waals surface area (Å²) in [4.78, 5) is 52.4. The Hall–Kier alpha value is -2.90. The molecule has 0 radical (unpaired) electrons. The van der Waals surface area contributed by atoms with Crippen LogP contribution >= 0.6 is 0 Å². The Kier molecular flexibility index (Phi) is 6.74. The molecule has 2 aliphatic rings. The third-order valence-electron chi connectivity index (χ3n) is 6.10. The molecule has 2 atom stereocenters. The number of hydrogen-bond donors (Lipinski definition) is 1. The van der Waals surface area contributed by atoms with Crippen molar-refractivity contribution in [3.05, 3.63) is 35.9 Å². The SMILES string of the molecule is CCN(Cc1ccccc1)C(=O)COC(=O)CN1C(=O)N[C@]2(CCCC[C@@H]2C)C1=O. The topological polar surface area (TPSA) is 96.0 Å². The summed E-state index contributed by atoms with van der Waals surface area (Å²) < 4.78 is 5.08. The standard InChI is InChI=1S/C22H29N3O5/c1-3-24(13-17-10-5-4-6-11-17)18(26)15-30-19(27)14-25-20(28)22(23-21(25)29)12-8-7-9-16(22)2/h4-6,10-11,16H,3,7-9,12-15H2,1-2H3,(H,23,29)/t16-,22-/m0/s1. The zero-order valence-electron chi connectivity index (χ0n) is 17.6. The number of carbonyl (C=O) groups excluding carboxylic acids is 4. The van der Waals surface area contributed by atoms with E-state index in [1.165, 1.54) is 0 Å². The Morgan fingerprint density at radius 2 is 1.97 bits per heavy atom. The lowest BCUT2D eigenvalue weighted by atomic mass is 9.73. The minimum atomic E-state index is -0.917. The van der Waals surface area contributed by atoms with E-state index in [4.69, 9.17) is 4.74 Å². The molecule has 1 saturated carbocycles. The van der Waals surface area contributed by atoms with Gasteiger partial charge in [-0.1, -0.05) is 50.1 Å². The first-order chi connectivity index (χ1) is 14.4. The molecule has 1 saturated heterocycles. The predicted molar refractivity (Wildman–Crippen MR) is 109 cm³/mol. The lowest BCUT2D eigenvalue weighted by Gasteiger charge is -2.36. The van der Waals surface area contributed by atoms with Gasteiger partial charge in [-0.2, -0.15) is 0 Å². The van der Waals surface area contributed by atoms with Gasteiger partial charge in [0.05, 0.1) is 0 Å². The second-order valence-electron chi connectivity index (χ2n) is 7.99. The molecule has 0 unspecified atom stereocenters. The number of carbonyl (C=O) groups is 4.